The molecule has 0 aliphatic carbocycles. The minimum absolute atomic E-state index is 0.0541. The minimum Gasteiger partial charge on any atom is -0.493 e. The highest BCUT2D eigenvalue weighted by Crippen LogP contribution is 2.30. The highest BCUT2D eigenvalue weighted by Gasteiger charge is 2.35. The number of hydrogen-bond acceptors (Lipinski definition) is 4. The predicted molar refractivity (Wildman–Crippen MR) is 113 cm³/mol. The van der Waals surface area contributed by atoms with Gasteiger partial charge in [-0.25, -0.2) is 0 Å². The van der Waals surface area contributed by atoms with Crippen molar-refractivity contribution in [2.45, 2.75) is 44.9 Å². The van der Waals surface area contributed by atoms with Crippen LogP contribution in [0.2, 0.25) is 0 Å². The van der Waals surface area contributed by atoms with Crippen molar-refractivity contribution in [3.63, 3.8) is 0 Å². The van der Waals surface area contributed by atoms with Crippen molar-refractivity contribution in [3.05, 3.63) is 59.7 Å². The molecule has 1 fully saturated rings. The van der Waals surface area contributed by atoms with Crippen LogP contribution in [-0.2, 0) is 17.8 Å². The fourth-order valence-corrected chi connectivity index (χ4v) is 4.45. The summed E-state index contributed by atoms with van der Waals surface area (Å²) in [6.45, 7) is 5.37. The lowest BCUT2D eigenvalue weighted by atomic mass is 9.92. The van der Waals surface area contributed by atoms with Crippen molar-refractivity contribution < 1.29 is 14.3 Å². The van der Waals surface area contributed by atoms with Crippen molar-refractivity contribution in [2.24, 2.45) is 0 Å². The first kappa shape index (κ1) is 19.8. The van der Waals surface area contributed by atoms with E-state index in [1.54, 1.807) is 7.11 Å². The highest BCUT2D eigenvalue weighted by molar-refractivity contribution is 5.82. The van der Waals surface area contributed by atoms with Gasteiger partial charge in [0.25, 0.3) is 0 Å². The van der Waals surface area contributed by atoms with Gasteiger partial charge < -0.3 is 14.4 Å². The normalized spacial score (nSPS) is 20.2. The van der Waals surface area contributed by atoms with Gasteiger partial charge in [0.15, 0.2) is 11.5 Å². The zero-order chi connectivity index (χ0) is 20.2. The quantitative estimate of drug-likeness (QED) is 0.778. The molecule has 0 N–H and O–H groups in total. The minimum atomic E-state index is -0.0541. The van der Waals surface area contributed by atoms with E-state index in [9.17, 15) is 4.79 Å². The third kappa shape index (κ3) is 4.25. The van der Waals surface area contributed by atoms with Crippen LogP contribution in [-0.4, -0.2) is 54.6 Å². The first-order valence-corrected chi connectivity index (χ1v) is 10.6. The van der Waals surface area contributed by atoms with Gasteiger partial charge in [-0.1, -0.05) is 43.3 Å². The lowest BCUT2D eigenvalue weighted by Crippen LogP contribution is -2.53. The van der Waals surface area contributed by atoms with E-state index in [4.69, 9.17) is 9.47 Å². The second-order valence-electron chi connectivity index (χ2n) is 7.85. The van der Waals surface area contributed by atoms with Gasteiger partial charge in [-0.05, 0) is 36.2 Å². The van der Waals surface area contributed by atoms with E-state index >= 15 is 0 Å². The number of piperidine rings is 1. The topological polar surface area (TPSA) is 42.0 Å². The summed E-state index contributed by atoms with van der Waals surface area (Å²) in [5.41, 5.74) is 2.66. The van der Waals surface area contributed by atoms with E-state index in [0.29, 0.717) is 0 Å². The monoisotopic (exact) mass is 394 g/mol. The van der Waals surface area contributed by atoms with Crippen LogP contribution in [0.4, 0.5) is 0 Å². The molecule has 5 heteroatoms. The summed E-state index contributed by atoms with van der Waals surface area (Å²) in [4.78, 5) is 17.7. The molecule has 2 aromatic rings. The van der Waals surface area contributed by atoms with Gasteiger partial charge >= 0.3 is 0 Å². The molecule has 1 atom stereocenters. The molecule has 0 radical (unpaired) electrons. The maximum atomic E-state index is 13.3. The van der Waals surface area contributed by atoms with Crippen LogP contribution >= 0.6 is 0 Å². The first-order chi connectivity index (χ1) is 14.2. The number of ether oxygens (including phenoxy) is 2. The van der Waals surface area contributed by atoms with E-state index in [2.05, 4.69) is 36.1 Å². The smallest absolute Gasteiger partial charge is 0.240 e. The van der Waals surface area contributed by atoms with E-state index in [-0.39, 0.29) is 18.1 Å². The fraction of sp³-hybridized carbons (Fsp3) is 0.458. The first-order valence-electron chi connectivity index (χ1n) is 10.6. The average Bonchev–Trinajstić information content (AvgIpc) is 2.78. The van der Waals surface area contributed by atoms with Crippen molar-refractivity contribution >= 4 is 5.91 Å². The number of methoxy groups -OCH3 is 1. The summed E-state index contributed by atoms with van der Waals surface area (Å²) in [6.07, 6.45) is 2.61. The SMILES string of the molecule is CCN1Cc2ccccc2CC1C(=O)N1CCC(Oc2ccccc2OC)CC1. The maximum Gasteiger partial charge on any atom is 0.240 e. The predicted octanol–water partition coefficient (Wildman–Crippen LogP) is 3.51. The Labute approximate surface area is 173 Å². The molecule has 1 unspecified atom stereocenters. The lowest BCUT2D eigenvalue weighted by Gasteiger charge is -2.40. The van der Waals surface area contributed by atoms with E-state index in [0.717, 1.165) is 56.9 Å². The lowest BCUT2D eigenvalue weighted by molar-refractivity contribution is -0.139. The fourth-order valence-electron chi connectivity index (χ4n) is 4.45. The van der Waals surface area contributed by atoms with Gasteiger partial charge in [0.05, 0.1) is 13.2 Å². The molecule has 5 nitrogen and oxygen atoms in total. The number of nitrogens with zero attached hydrogens (tertiary/aromatic N) is 2. The molecule has 4 rings (SSSR count). The molecule has 1 amide bonds. The molecule has 2 heterocycles. The summed E-state index contributed by atoms with van der Waals surface area (Å²) in [6, 6.07) is 16.2. The molecule has 2 aliphatic rings. The van der Waals surface area contributed by atoms with Crippen LogP contribution in [0.3, 0.4) is 0 Å². The Hall–Kier alpha value is -2.53. The van der Waals surface area contributed by atoms with Crippen molar-refractivity contribution in [1.82, 2.24) is 9.80 Å². The number of hydrogen-bond donors (Lipinski definition) is 0. The number of rotatable bonds is 5. The molecule has 0 saturated carbocycles. The van der Waals surface area contributed by atoms with Crippen LogP contribution in [0.5, 0.6) is 11.5 Å². The standard InChI is InChI=1S/C24H30N2O3/c1-3-25-17-19-9-5-4-8-18(19)16-21(25)24(27)26-14-12-20(13-15-26)29-23-11-7-6-10-22(23)28-2/h4-11,20-21H,3,12-17H2,1-2H3. The number of likely N-dealkylation sites (tertiary alicyclic amines) is 1. The third-order valence-corrected chi connectivity index (χ3v) is 6.15. The maximum absolute atomic E-state index is 13.3. The van der Waals surface area contributed by atoms with E-state index in [1.807, 2.05) is 29.2 Å². The Morgan fingerprint density at radius 2 is 1.66 bits per heavy atom. The molecule has 2 aromatic carbocycles. The summed E-state index contributed by atoms with van der Waals surface area (Å²) < 4.78 is 11.5. The number of likely N-dealkylation sites (N-methyl/N-ethyl adjacent to an activating group) is 1. The van der Waals surface area contributed by atoms with Crippen LogP contribution < -0.4 is 9.47 Å². The Balaban J connectivity index is 1.37. The molecular formula is C24H30N2O3. The number of carbonyl (C=O) groups is 1. The molecule has 0 spiro atoms. The second kappa shape index (κ2) is 8.87. The van der Waals surface area contributed by atoms with Crippen LogP contribution in [0.15, 0.2) is 48.5 Å². The average molecular weight is 395 g/mol. The van der Waals surface area contributed by atoms with Gasteiger partial charge in [-0.2, -0.15) is 0 Å². The van der Waals surface area contributed by atoms with Gasteiger partial charge in [0.1, 0.15) is 6.10 Å². The molecule has 2 aliphatic heterocycles. The van der Waals surface area contributed by atoms with Crippen molar-refractivity contribution in [2.75, 3.05) is 26.7 Å². The van der Waals surface area contributed by atoms with Gasteiger partial charge in [0.2, 0.25) is 5.91 Å². The third-order valence-electron chi connectivity index (χ3n) is 6.15. The summed E-state index contributed by atoms with van der Waals surface area (Å²) >= 11 is 0. The Morgan fingerprint density at radius 1 is 1.00 bits per heavy atom. The molecule has 29 heavy (non-hydrogen) atoms. The van der Waals surface area contributed by atoms with Crippen LogP contribution in [0.25, 0.3) is 0 Å². The molecule has 1 saturated heterocycles. The van der Waals surface area contributed by atoms with Gasteiger partial charge in [-0.15, -0.1) is 0 Å². The van der Waals surface area contributed by atoms with Crippen molar-refractivity contribution in [3.8, 4) is 11.5 Å². The van der Waals surface area contributed by atoms with Crippen LogP contribution in [0.1, 0.15) is 30.9 Å². The Bertz CT molecular complexity index is 846. The van der Waals surface area contributed by atoms with Crippen molar-refractivity contribution in [1.29, 1.82) is 0 Å². The number of fused-ring (bicyclic) bond motifs is 1. The summed E-state index contributed by atoms with van der Waals surface area (Å²) in [5.74, 6) is 1.79. The number of para-hydroxylation sites is 2. The van der Waals surface area contributed by atoms with Gasteiger partial charge in [-0.3, -0.25) is 9.69 Å². The van der Waals surface area contributed by atoms with Gasteiger partial charge in [0, 0.05) is 32.5 Å². The molecule has 154 valence electrons. The van der Waals surface area contributed by atoms with Crippen LogP contribution in [0, 0.1) is 0 Å². The zero-order valence-corrected chi connectivity index (χ0v) is 17.3. The number of carbonyl (C=O) groups excluding carboxylic acids is 1. The molecule has 0 bridgehead atoms. The van der Waals surface area contributed by atoms with E-state index in [1.165, 1.54) is 11.1 Å². The Kier molecular flexibility index (Phi) is 6.05. The highest BCUT2D eigenvalue weighted by atomic mass is 16.5. The van der Waals surface area contributed by atoms with E-state index < -0.39 is 0 Å². The summed E-state index contributed by atoms with van der Waals surface area (Å²) in [7, 11) is 1.66. The zero-order valence-electron chi connectivity index (χ0n) is 17.3. The second-order valence-corrected chi connectivity index (χ2v) is 7.85. The largest absolute Gasteiger partial charge is 0.493 e. The summed E-state index contributed by atoms with van der Waals surface area (Å²) in [5, 5.41) is 0. The Morgan fingerprint density at radius 3 is 2.34 bits per heavy atom. The number of benzene rings is 2. The molecule has 0 aromatic heterocycles. The number of amides is 1. The molecular weight excluding hydrogens is 364 g/mol.